The van der Waals surface area contributed by atoms with E-state index < -0.39 is 0 Å². The molecular formula is C17H18ClNOS. The van der Waals surface area contributed by atoms with Crippen LogP contribution in [0.5, 0.6) is 0 Å². The van der Waals surface area contributed by atoms with Crippen molar-refractivity contribution in [1.82, 2.24) is 5.32 Å². The highest BCUT2D eigenvalue weighted by Gasteiger charge is 2.46. The minimum absolute atomic E-state index is 0.00110. The van der Waals surface area contributed by atoms with Crippen molar-refractivity contribution in [3.05, 3.63) is 57.2 Å². The number of halogens is 1. The standard InChI is InChI=1S/C17H18ClNOS/c1-12(20)19-16(15-4-2-11-21-15)17(9-3-10-17)13-5-7-14(18)8-6-13/h2,4-8,11,16H,3,9-10H2,1H3,(H,19,20). The molecular weight excluding hydrogens is 302 g/mol. The second kappa shape index (κ2) is 5.82. The molecule has 0 aliphatic heterocycles. The molecule has 1 unspecified atom stereocenters. The van der Waals surface area contributed by atoms with Crippen LogP contribution in [-0.2, 0) is 10.2 Å². The van der Waals surface area contributed by atoms with Gasteiger partial charge in [0, 0.05) is 22.2 Å². The van der Waals surface area contributed by atoms with Gasteiger partial charge in [-0.05, 0) is 42.0 Å². The van der Waals surface area contributed by atoms with E-state index in [-0.39, 0.29) is 17.4 Å². The lowest BCUT2D eigenvalue weighted by Crippen LogP contribution is -2.47. The van der Waals surface area contributed by atoms with E-state index in [1.807, 2.05) is 18.2 Å². The molecule has 0 radical (unpaired) electrons. The first-order valence-corrected chi connectivity index (χ1v) is 8.44. The van der Waals surface area contributed by atoms with Gasteiger partial charge >= 0.3 is 0 Å². The molecule has 1 atom stereocenters. The van der Waals surface area contributed by atoms with E-state index in [0.717, 1.165) is 17.9 Å². The summed E-state index contributed by atoms with van der Waals surface area (Å²) < 4.78 is 0. The average Bonchev–Trinajstić information content (AvgIpc) is 2.91. The number of hydrogen-bond acceptors (Lipinski definition) is 2. The lowest BCUT2D eigenvalue weighted by Gasteiger charge is -2.48. The molecule has 4 heteroatoms. The van der Waals surface area contributed by atoms with Crippen LogP contribution >= 0.6 is 22.9 Å². The number of carbonyl (C=O) groups excluding carboxylic acids is 1. The van der Waals surface area contributed by atoms with E-state index in [4.69, 9.17) is 11.6 Å². The number of benzene rings is 1. The third-order valence-corrected chi connectivity index (χ3v) is 5.58. The quantitative estimate of drug-likeness (QED) is 0.869. The molecule has 1 aliphatic carbocycles. The Morgan fingerprint density at radius 2 is 2.00 bits per heavy atom. The van der Waals surface area contributed by atoms with Crippen LogP contribution in [0.25, 0.3) is 0 Å². The van der Waals surface area contributed by atoms with Crippen LogP contribution < -0.4 is 5.32 Å². The van der Waals surface area contributed by atoms with E-state index in [2.05, 4.69) is 28.9 Å². The zero-order valence-electron chi connectivity index (χ0n) is 11.9. The molecule has 3 rings (SSSR count). The number of carbonyl (C=O) groups is 1. The molecule has 1 saturated carbocycles. The first kappa shape index (κ1) is 14.6. The maximum Gasteiger partial charge on any atom is 0.217 e. The van der Waals surface area contributed by atoms with Crippen molar-refractivity contribution in [2.24, 2.45) is 0 Å². The van der Waals surface area contributed by atoms with Crippen molar-refractivity contribution >= 4 is 28.8 Å². The number of rotatable bonds is 4. The summed E-state index contributed by atoms with van der Waals surface area (Å²) in [6.07, 6.45) is 3.39. The van der Waals surface area contributed by atoms with Gasteiger partial charge in [-0.25, -0.2) is 0 Å². The first-order valence-electron chi connectivity index (χ1n) is 7.18. The molecule has 2 nitrogen and oxygen atoms in total. The molecule has 2 aromatic rings. The van der Waals surface area contributed by atoms with E-state index in [1.54, 1.807) is 18.3 Å². The number of thiophene rings is 1. The highest BCUT2D eigenvalue weighted by atomic mass is 35.5. The minimum atomic E-state index is 0.00110. The van der Waals surface area contributed by atoms with E-state index in [1.165, 1.54) is 16.9 Å². The van der Waals surface area contributed by atoms with Crippen LogP contribution in [0.1, 0.15) is 42.7 Å². The third kappa shape index (κ3) is 2.72. The molecule has 0 spiro atoms. The molecule has 1 N–H and O–H groups in total. The minimum Gasteiger partial charge on any atom is -0.348 e. The number of nitrogens with one attached hydrogen (secondary N) is 1. The van der Waals surface area contributed by atoms with Crippen molar-refractivity contribution in [1.29, 1.82) is 0 Å². The second-order valence-corrected chi connectivity index (χ2v) is 7.08. The second-order valence-electron chi connectivity index (χ2n) is 5.67. The Morgan fingerprint density at radius 3 is 2.48 bits per heavy atom. The predicted octanol–water partition coefficient (Wildman–Crippen LogP) is 4.70. The van der Waals surface area contributed by atoms with Crippen LogP contribution in [0.15, 0.2) is 41.8 Å². The smallest absolute Gasteiger partial charge is 0.217 e. The van der Waals surface area contributed by atoms with Crippen molar-refractivity contribution in [2.45, 2.75) is 37.6 Å². The molecule has 1 amide bonds. The Labute approximate surface area is 134 Å². The summed E-state index contributed by atoms with van der Waals surface area (Å²) in [5, 5.41) is 5.99. The third-order valence-electron chi connectivity index (χ3n) is 4.39. The summed E-state index contributed by atoms with van der Waals surface area (Å²) in [6, 6.07) is 12.3. The average molecular weight is 320 g/mol. The van der Waals surface area contributed by atoms with Crippen LogP contribution in [0.2, 0.25) is 5.02 Å². The van der Waals surface area contributed by atoms with Crippen LogP contribution in [-0.4, -0.2) is 5.91 Å². The van der Waals surface area contributed by atoms with Gasteiger partial charge in [-0.3, -0.25) is 4.79 Å². The van der Waals surface area contributed by atoms with Gasteiger partial charge < -0.3 is 5.32 Å². The first-order chi connectivity index (χ1) is 10.1. The summed E-state index contributed by atoms with van der Waals surface area (Å²) in [5.41, 5.74) is 1.27. The molecule has 21 heavy (non-hydrogen) atoms. The number of amides is 1. The molecule has 110 valence electrons. The fraction of sp³-hybridized carbons (Fsp3) is 0.353. The van der Waals surface area contributed by atoms with Gasteiger partial charge in [-0.1, -0.05) is 36.2 Å². The zero-order chi connectivity index (χ0) is 14.9. The Balaban J connectivity index is 2.02. The van der Waals surface area contributed by atoms with Crippen molar-refractivity contribution in [2.75, 3.05) is 0 Å². The SMILES string of the molecule is CC(=O)NC(c1cccs1)C1(c2ccc(Cl)cc2)CCC1. The van der Waals surface area contributed by atoms with Gasteiger partial charge in [-0.15, -0.1) is 11.3 Å². The van der Waals surface area contributed by atoms with Gasteiger partial charge in [0.1, 0.15) is 0 Å². The maximum absolute atomic E-state index is 11.7. The topological polar surface area (TPSA) is 29.1 Å². The normalized spacial score (nSPS) is 17.8. The summed E-state index contributed by atoms with van der Waals surface area (Å²) in [6.45, 7) is 1.59. The van der Waals surface area contributed by atoms with Crippen LogP contribution in [0.3, 0.4) is 0 Å². The van der Waals surface area contributed by atoms with Gasteiger partial charge in [0.2, 0.25) is 5.91 Å². The fourth-order valence-electron chi connectivity index (χ4n) is 3.22. The maximum atomic E-state index is 11.7. The van der Waals surface area contributed by atoms with Crippen molar-refractivity contribution in [3.8, 4) is 0 Å². The molecule has 1 aliphatic rings. The Bertz CT molecular complexity index is 617. The Kier molecular flexibility index (Phi) is 4.05. The van der Waals surface area contributed by atoms with Gasteiger partial charge in [-0.2, -0.15) is 0 Å². The molecule has 1 aromatic carbocycles. The predicted molar refractivity (Wildman–Crippen MR) is 87.9 cm³/mol. The summed E-state index contributed by atoms with van der Waals surface area (Å²) in [7, 11) is 0. The fourth-order valence-corrected chi connectivity index (χ4v) is 4.24. The summed E-state index contributed by atoms with van der Waals surface area (Å²) in [5.74, 6) is 0.0219. The summed E-state index contributed by atoms with van der Waals surface area (Å²) >= 11 is 7.72. The largest absolute Gasteiger partial charge is 0.348 e. The summed E-state index contributed by atoms with van der Waals surface area (Å²) in [4.78, 5) is 12.9. The number of hydrogen-bond donors (Lipinski definition) is 1. The molecule has 0 bridgehead atoms. The zero-order valence-corrected chi connectivity index (χ0v) is 13.5. The van der Waals surface area contributed by atoms with Gasteiger partial charge in [0.25, 0.3) is 0 Å². The van der Waals surface area contributed by atoms with E-state index >= 15 is 0 Å². The van der Waals surface area contributed by atoms with Crippen LogP contribution in [0, 0.1) is 0 Å². The molecule has 1 heterocycles. The van der Waals surface area contributed by atoms with Crippen molar-refractivity contribution in [3.63, 3.8) is 0 Å². The molecule has 1 fully saturated rings. The molecule has 0 saturated heterocycles. The van der Waals surface area contributed by atoms with Crippen molar-refractivity contribution < 1.29 is 4.79 Å². The lowest BCUT2D eigenvalue weighted by atomic mass is 9.59. The highest BCUT2D eigenvalue weighted by Crippen LogP contribution is 2.53. The molecule has 1 aromatic heterocycles. The highest BCUT2D eigenvalue weighted by molar-refractivity contribution is 7.10. The van der Waals surface area contributed by atoms with E-state index in [0.29, 0.717) is 0 Å². The van der Waals surface area contributed by atoms with E-state index in [9.17, 15) is 4.79 Å². The van der Waals surface area contributed by atoms with Gasteiger partial charge in [0.05, 0.1) is 6.04 Å². The van der Waals surface area contributed by atoms with Gasteiger partial charge in [0.15, 0.2) is 0 Å². The van der Waals surface area contributed by atoms with Crippen LogP contribution in [0.4, 0.5) is 0 Å². The monoisotopic (exact) mass is 319 g/mol. The Morgan fingerprint density at radius 1 is 1.29 bits per heavy atom. The Hall–Kier alpha value is -1.32. The lowest BCUT2D eigenvalue weighted by molar-refractivity contribution is -0.120.